The summed E-state index contributed by atoms with van der Waals surface area (Å²) in [6.07, 6.45) is -0.101. The molecule has 19 heavy (non-hydrogen) atoms. The summed E-state index contributed by atoms with van der Waals surface area (Å²) in [4.78, 5) is 36.6. The minimum Gasteiger partial charge on any atom is -0.480 e. The molecule has 8 heteroatoms. The molecule has 0 radical (unpaired) electrons. The van der Waals surface area contributed by atoms with Crippen molar-refractivity contribution in [3.05, 3.63) is 0 Å². The van der Waals surface area contributed by atoms with Crippen molar-refractivity contribution < 1.29 is 19.5 Å². The van der Waals surface area contributed by atoms with E-state index in [9.17, 15) is 14.4 Å². The average Bonchev–Trinajstić information content (AvgIpc) is 2.30. The van der Waals surface area contributed by atoms with Gasteiger partial charge in [0.25, 0.3) is 0 Å². The molecule has 0 fully saturated rings. The lowest BCUT2D eigenvalue weighted by molar-refractivity contribution is -0.139. The summed E-state index contributed by atoms with van der Waals surface area (Å²) in [5, 5.41) is 11.3. The highest BCUT2D eigenvalue weighted by atomic mass is 16.4. The van der Waals surface area contributed by atoms with Crippen LogP contribution in [-0.4, -0.2) is 73.1 Å². The quantitative estimate of drug-likeness (QED) is 0.520. The van der Waals surface area contributed by atoms with Crippen LogP contribution >= 0.6 is 0 Å². The molecule has 0 rings (SSSR count). The first-order valence-electron chi connectivity index (χ1n) is 5.91. The van der Waals surface area contributed by atoms with E-state index in [1.54, 1.807) is 7.05 Å². The number of aliphatic carboxylic acids is 1. The maximum absolute atomic E-state index is 11.7. The van der Waals surface area contributed by atoms with E-state index < -0.39 is 23.9 Å². The number of nitrogens with one attached hydrogen (secondary N) is 1. The van der Waals surface area contributed by atoms with Crippen molar-refractivity contribution in [1.29, 1.82) is 0 Å². The van der Waals surface area contributed by atoms with E-state index in [4.69, 9.17) is 10.8 Å². The van der Waals surface area contributed by atoms with Crippen LogP contribution in [0.25, 0.3) is 0 Å². The second-order valence-electron chi connectivity index (χ2n) is 4.57. The third kappa shape index (κ3) is 7.98. The molecule has 0 aliphatic carbocycles. The van der Waals surface area contributed by atoms with E-state index in [2.05, 4.69) is 5.32 Å². The van der Waals surface area contributed by atoms with Crippen molar-refractivity contribution in [3.63, 3.8) is 0 Å². The monoisotopic (exact) mass is 274 g/mol. The van der Waals surface area contributed by atoms with Crippen LogP contribution < -0.4 is 11.1 Å². The number of carbonyl (C=O) groups is 3. The Morgan fingerprint density at radius 2 is 1.79 bits per heavy atom. The van der Waals surface area contributed by atoms with Gasteiger partial charge < -0.3 is 26.0 Å². The third-order valence-corrected chi connectivity index (χ3v) is 2.50. The molecule has 1 atom stereocenters. The van der Waals surface area contributed by atoms with E-state index in [1.807, 2.05) is 19.0 Å². The number of nitrogens with zero attached hydrogens (tertiary/aromatic N) is 2. The van der Waals surface area contributed by atoms with Gasteiger partial charge in [0.15, 0.2) is 0 Å². The van der Waals surface area contributed by atoms with Gasteiger partial charge >= 0.3 is 12.0 Å². The molecule has 8 nitrogen and oxygen atoms in total. The summed E-state index contributed by atoms with van der Waals surface area (Å²) in [7, 11) is 5.32. The number of urea groups is 1. The van der Waals surface area contributed by atoms with Gasteiger partial charge in [0.2, 0.25) is 5.91 Å². The fraction of sp³-hybridized carbons (Fsp3) is 0.727. The molecular formula is C11H22N4O4. The number of carboxylic acids is 1. The predicted molar refractivity (Wildman–Crippen MR) is 69.6 cm³/mol. The third-order valence-electron chi connectivity index (χ3n) is 2.50. The SMILES string of the molecule is CN(C)CCN(C)C(=O)N[C@H](CCC(N)=O)C(=O)O. The van der Waals surface area contributed by atoms with Crippen LogP contribution in [0.4, 0.5) is 4.79 Å². The highest BCUT2D eigenvalue weighted by Crippen LogP contribution is 1.99. The first-order valence-corrected chi connectivity index (χ1v) is 5.91. The number of hydrogen-bond acceptors (Lipinski definition) is 4. The Morgan fingerprint density at radius 1 is 1.21 bits per heavy atom. The average molecular weight is 274 g/mol. The zero-order valence-electron chi connectivity index (χ0n) is 11.5. The molecule has 0 aromatic heterocycles. The lowest BCUT2D eigenvalue weighted by atomic mass is 10.1. The Hall–Kier alpha value is -1.83. The smallest absolute Gasteiger partial charge is 0.326 e. The number of amides is 3. The van der Waals surface area contributed by atoms with Gasteiger partial charge in [0.1, 0.15) is 6.04 Å². The van der Waals surface area contributed by atoms with Gasteiger partial charge in [-0.3, -0.25) is 4.79 Å². The van der Waals surface area contributed by atoms with Crippen molar-refractivity contribution >= 4 is 17.9 Å². The van der Waals surface area contributed by atoms with Crippen molar-refractivity contribution in [2.45, 2.75) is 18.9 Å². The number of nitrogens with two attached hydrogens (primary N) is 1. The maximum atomic E-state index is 11.7. The highest BCUT2D eigenvalue weighted by Gasteiger charge is 2.22. The lowest BCUT2D eigenvalue weighted by Crippen LogP contribution is -2.48. The predicted octanol–water partition coefficient (Wildman–Crippen LogP) is -1.09. The molecule has 0 bridgehead atoms. The molecule has 0 saturated heterocycles. The second-order valence-corrected chi connectivity index (χ2v) is 4.57. The molecular weight excluding hydrogens is 252 g/mol. The molecule has 0 saturated carbocycles. The topological polar surface area (TPSA) is 116 Å². The molecule has 0 heterocycles. The molecule has 3 amide bonds. The van der Waals surface area contributed by atoms with Crippen molar-refractivity contribution in [1.82, 2.24) is 15.1 Å². The number of primary amides is 1. The molecule has 0 unspecified atom stereocenters. The fourth-order valence-corrected chi connectivity index (χ4v) is 1.25. The van der Waals surface area contributed by atoms with Crippen LogP contribution in [0.5, 0.6) is 0 Å². The number of hydrogen-bond donors (Lipinski definition) is 3. The Morgan fingerprint density at radius 3 is 2.21 bits per heavy atom. The molecule has 0 aromatic rings. The van der Waals surface area contributed by atoms with E-state index in [1.165, 1.54) is 4.90 Å². The van der Waals surface area contributed by atoms with Crippen LogP contribution in [0.3, 0.4) is 0 Å². The number of carbonyl (C=O) groups excluding carboxylic acids is 2. The zero-order valence-corrected chi connectivity index (χ0v) is 11.5. The number of rotatable bonds is 8. The van der Waals surface area contributed by atoms with Crippen LogP contribution in [0.1, 0.15) is 12.8 Å². The van der Waals surface area contributed by atoms with Gasteiger partial charge in [0, 0.05) is 26.6 Å². The van der Waals surface area contributed by atoms with Gasteiger partial charge in [-0.05, 0) is 20.5 Å². The van der Waals surface area contributed by atoms with Gasteiger partial charge in [0.05, 0.1) is 0 Å². The van der Waals surface area contributed by atoms with E-state index in [0.29, 0.717) is 13.1 Å². The van der Waals surface area contributed by atoms with Crippen LogP contribution in [0, 0.1) is 0 Å². The van der Waals surface area contributed by atoms with Crippen LogP contribution in [0.2, 0.25) is 0 Å². The van der Waals surface area contributed by atoms with Crippen molar-refractivity contribution in [2.75, 3.05) is 34.2 Å². The Labute approximate surface area is 112 Å². The fourth-order valence-electron chi connectivity index (χ4n) is 1.25. The van der Waals surface area contributed by atoms with Crippen LogP contribution in [0.15, 0.2) is 0 Å². The van der Waals surface area contributed by atoms with Crippen LogP contribution in [-0.2, 0) is 9.59 Å². The molecule has 0 aliphatic heterocycles. The number of likely N-dealkylation sites (N-methyl/N-ethyl adjacent to an activating group) is 2. The van der Waals surface area contributed by atoms with Crippen molar-refractivity contribution in [3.8, 4) is 0 Å². The Balaban J connectivity index is 4.29. The molecule has 4 N–H and O–H groups in total. The highest BCUT2D eigenvalue weighted by molar-refractivity contribution is 5.83. The molecule has 0 aliphatic rings. The minimum absolute atomic E-state index is 0.0159. The van der Waals surface area contributed by atoms with Gasteiger partial charge in [-0.1, -0.05) is 0 Å². The van der Waals surface area contributed by atoms with E-state index in [0.717, 1.165) is 0 Å². The summed E-state index contributed by atoms with van der Waals surface area (Å²) >= 11 is 0. The number of carboxylic acid groups (broad SMARTS) is 1. The molecule has 0 aromatic carbocycles. The summed E-state index contributed by atoms with van der Waals surface area (Å²) in [6.45, 7) is 1.14. The van der Waals surface area contributed by atoms with Gasteiger partial charge in [-0.15, -0.1) is 0 Å². The molecule has 0 spiro atoms. The summed E-state index contributed by atoms with van der Waals surface area (Å²) in [5.74, 6) is -1.78. The second kappa shape index (κ2) is 8.30. The van der Waals surface area contributed by atoms with E-state index >= 15 is 0 Å². The Kier molecular flexibility index (Phi) is 7.50. The van der Waals surface area contributed by atoms with Crippen molar-refractivity contribution in [2.24, 2.45) is 5.73 Å². The summed E-state index contributed by atoms with van der Waals surface area (Å²) in [5.41, 5.74) is 4.95. The largest absolute Gasteiger partial charge is 0.480 e. The van der Waals surface area contributed by atoms with Gasteiger partial charge in [-0.25, -0.2) is 9.59 Å². The first-order chi connectivity index (χ1) is 8.73. The first kappa shape index (κ1) is 17.2. The maximum Gasteiger partial charge on any atom is 0.326 e. The zero-order chi connectivity index (χ0) is 15.0. The summed E-state index contributed by atoms with van der Waals surface area (Å²) in [6, 6.07) is -1.60. The van der Waals surface area contributed by atoms with E-state index in [-0.39, 0.29) is 12.8 Å². The molecule has 110 valence electrons. The summed E-state index contributed by atoms with van der Waals surface area (Å²) < 4.78 is 0. The normalized spacial score (nSPS) is 12.0. The standard InChI is InChI=1S/C11H22N4O4/c1-14(2)6-7-15(3)11(19)13-8(10(17)18)4-5-9(12)16/h8H,4-7H2,1-3H3,(H2,12,16)(H,13,19)(H,17,18)/t8-/m1/s1. The minimum atomic E-state index is -1.18. The Bertz CT molecular complexity index is 333. The van der Waals surface area contributed by atoms with Gasteiger partial charge in [-0.2, -0.15) is 0 Å². The lowest BCUT2D eigenvalue weighted by Gasteiger charge is -2.22.